The summed E-state index contributed by atoms with van der Waals surface area (Å²) in [7, 11) is 0. The third kappa shape index (κ3) is 3.92. The monoisotopic (exact) mass is 308 g/mol. The van der Waals surface area contributed by atoms with Gasteiger partial charge in [-0.15, -0.1) is 0 Å². The van der Waals surface area contributed by atoms with Crippen LogP contribution >= 0.6 is 15.9 Å². The number of hydrogen-bond donors (Lipinski definition) is 1. The minimum Gasteiger partial charge on any atom is -0.310 e. The normalized spacial score (nSPS) is 11.1. The van der Waals surface area contributed by atoms with E-state index in [0.717, 1.165) is 16.7 Å². The van der Waals surface area contributed by atoms with Crippen LogP contribution in [-0.2, 0) is 13.1 Å². The van der Waals surface area contributed by atoms with Crippen LogP contribution in [0.25, 0.3) is 0 Å². The van der Waals surface area contributed by atoms with Gasteiger partial charge in [-0.25, -0.2) is 0 Å². The molecule has 0 unspecified atom stereocenters. The molecule has 0 radical (unpaired) electrons. The quantitative estimate of drug-likeness (QED) is 0.923. The third-order valence-electron chi connectivity index (χ3n) is 2.53. The highest BCUT2D eigenvalue weighted by atomic mass is 79.9. The van der Waals surface area contributed by atoms with E-state index in [9.17, 15) is 0 Å². The molecule has 0 amide bonds. The van der Waals surface area contributed by atoms with E-state index in [1.165, 1.54) is 5.56 Å². The van der Waals surface area contributed by atoms with E-state index in [-0.39, 0.29) is 0 Å². The van der Waals surface area contributed by atoms with Crippen molar-refractivity contribution in [1.29, 1.82) is 0 Å². The van der Waals surface area contributed by atoms with Gasteiger partial charge in [0.15, 0.2) is 0 Å². The molecule has 2 aromatic heterocycles. The van der Waals surface area contributed by atoms with Gasteiger partial charge < -0.3 is 5.32 Å². The maximum absolute atomic E-state index is 4.45. The molecule has 0 spiro atoms. The Bertz CT molecular complexity index is 490. The second-order valence-electron chi connectivity index (χ2n) is 4.55. The number of nitrogens with zero attached hydrogens (tertiary/aromatic N) is 3. The van der Waals surface area contributed by atoms with Crippen LogP contribution in [0.3, 0.4) is 0 Å². The third-order valence-corrected chi connectivity index (χ3v) is 2.94. The predicted molar refractivity (Wildman–Crippen MR) is 75.2 cm³/mol. The number of nitrogens with one attached hydrogen (secondary N) is 1. The van der Waals surface area contributed by atoms with Gasteiger partial charge in [0.2, 0.25) is 0 Å². The first-order valence-corrected chi connectivity index (χ1v) is 6.78. The average Bonchev–Trinajstić information content (AvgIpc) is 2.74. The Hall–Kier alpha value is -1.20. The van der Waals surface area contributed by atoms with Crippen molar-refractivity contribution in [2.75, 3.05) is 0 Å². The van der Waals surface area contributed by atoms with Crippen molar-refractivity contribution in [2.24, 2.45) is 0 Å². The Labute approximate surface area is 116 Å². The first-order valence-electron chi connectivity index (χ1n) is 5.98. The van der Waals surface area contributed by atoms with Gasteiger partial charge in [0.05, 0.1) is 22.9 Å². The van der Waals surface area contributed by atoms with Gasteiger partial charge in [-0.3, -0.25) is 9.67 Å². The molecular formula is C13H17BrN4. The summed E-state index contributed by atoms with van der Waals surface area (Å²) < 4.78 is 2.85. The molecule has 5 heteroatoms. The van der Waals surface area contributed by atoms with Crippen LogP contribution in [-0.4, -0.2) is 20.8 Å². The molecule has 0 aliphatic carbocycles. The fraction of sp³-hybridized carbons (Fsp3) is 0.385. The summed E-state index contributed by atoms with van der Waals surface area (Å²) in [6.07, 6.45) is 5.64. The summed E-state index contributed by atoms with van der Waals surface area (Å²) in [6.45, 7) is 5.83. The summed E-state index contributed by atoms with van der Waals surface area (Å²) in [4.78, 5) is 4.45. The summed E-state index contributed by atoms with van der Waals surface area (Å²) in [5, 5.41) is 7.58. The second kappa shape index (κ2) is 6.11. The zero-order valence-electron chi connectivity index (χ0n) is 10.6. The van der Waals surface area contributed by atoms with Gasteiger partial charge in [-0.05, 0) is 27.6 Å². The molecule has 0 saturated carbocycles. The second-order valence-corrected chi connectivity index (χ2v) is 5.47. The first-order chi connectivity index (χ1) is 8.63. The minimum absolute atomic E-state index is 0.492. The number of halogens is 1. The highest BCUT2D eigenvalue weighted by Gasteiger charge is 2.00. The maximum atomic E-state index is 4.45. The molecular weight excluding hydrogens is 292 g/mol. The van der Waals surface area contributed by atoms with Crippen LogP contribution in [0, 0.1) is 0 Å². The Kier molecular flexibility index (Phi) is 4.49. The summed E-state index contributed by atoms with van der Waals surface area (Å²) >= 11 is 3.38. The lowest BCUT2D eigenvalue weighted by molar-refractivity contribution is 0.587. The SMILES string of the molecule is CC(C)NCc1ccc(Cn2cc(Br)cn2)nc1. The molecule has 0 fully saturated rings. The fourth-order valence-electron chi connectivity index (χ4n) is 1.57. The smallest absolute Gasteiger partial charge is 0.0831 e. The molecule has 4 nitrogen and oxygen atoms in total. The Balaban J connectivity index is 1.95. The van der Waals surface area contributed by atoms with E-state index in [4.69, 9.17) is 0 Å². The lowest BCUT2D eigenvalue weighted by Gasteiger charge is -2.08. The summed E-state index contributed by atoms with van der Waals surface area (Å²) in [5.41, 5.74) is 2.22. The van der Waals surface area contributed by atoms with Crippen molar-refractivity contribution in [3.8, 4) is 0 Å². The van der Waals surface area contributed by atoms with Gasteiger partial charge in [0, 0.05) is 25.0 Å². The fourth-order valence-corrected chi connectivity index (χ4v) is 1.89. The largest absolute Gasteiger partial charge is 0.310 e. The highest BCUT2D eigenvalue weighted by Crippen LogP contribution is 2.08. The van der Waals surface area contributed by atoms with Gasteiger partial charge in [-0.2, -0.15) is 5.10 Å². The molecule has 0 saturated heterocycles. The Morgan fingerprint density at radius 2 is 2.17 bits per heavy atom. The van der Waals surface area contributed by atoms with E-state index < -0.39 is 0 Å². The number of rotatable bonds is 5. The van der Waals surface area contributed by atoms with Crippen molar-refractivity contribution in [3.05, 3.63) is 46.5 Å². The van der Waals surface area contributed by atoms with Crippen LogP contribution < -0.4 is 5.32 Å². The molecule has 0 aliphatic rings. The van der Waals surface area contributed by atoms with Crippen molar-refractivity contribution < 1.29 is 0 Å². The standard InChI is InChI=1S/C13H17BrN4/c1-10(2)15-5-11-3-4-13(16-6-11)9-18-8-12(14)7-17-18/h3-4,6-8,10,15H,5,9H2,1-2H3. The molecule has 2 heterocycles. The highest BCUT2D eigenvalue weighted by molar-refractivity contribution is 9.10. The van der Waals surface area contributed by atoms with Gasteiger partial charge in [0.25, 0.3) is 0 Å². The molecule has 0 aromatic carbocycles. The zero-order chi connectivity index (χ0) is 13.0. The van der Waals surface area contributed by atoms with E-state index in [1.54, 1.807) is 6.20 Å². The number of aromatic nitrogens is 3. The van der Waals surface area contributed by atoms with Crippen molar-refractivity contribution >= 4 is 15.9 Å². The van der Waals surface area contributed by atoms with Crippen molar-refractivity contribution in [2.45, 2.75) is 33.0 Å². The Morgan fingerprint density at radius 1 is 1.33 bits per heavy atom. The van der Waals surface area contributed by atoms with Crippen molar-refractivity contribution in [3.63, 3.8) is 0 Å². The van der Waals surface area contributed by atoms with Crippen LogP contribution in [0.2, 0.25) is 0 Å². The average molecular weight is 309 g/mol. The van der Waals surface area contributed by atoms with Crippen LogP contribution in [0.1, 0.15) is 25.1 Å². The van der Waals surface area contributed by atoms with Gasteiger partial charge >= 0.3 is 0 Å². The number of pyridine rings is 1. The molecule has 2 aromatic rings. The molecule has 0 bridgehead atoms. The van der Waals surface area contributed by atoms with Crippen LogP contribution in [0.15, 0.2) is 35.2 Å². The number of hydrogen-bond acceptors (Lipinski definition) is 3. The van der Waals surface area contributed by atoms with E-state index >= 15 is 0 Å². The van der Waals surface area contributed by atoms with E-state index in [1.807, 2.05) is 23.1 Å². The van der Waals surface area contributed by atoms with Crippen molar-refractivity contribution in [1.82, 2.24) is 20.1 Å². The first kappa shape index (κ1) is 13.2. The van der Waals surface area contributed by atoms with Crippen LogP contribution in [0.5, 0.6) is 0 Å². The molecule has 0 atom stereocenters. The van der Waals surface area contributed by atoms with Crippen LogP contribution in [0.4, 0.5) is 0 Å². The van der Waals surface area contributed by atoms with E-state index in [0.29, 0.717) is 12.6 Å². The predicted octanol–water partition coefficient (Wildman–Crippen LogP) is 2.59. The molecule has 96 valence electrons. The summed E-state index contributed by atoms with van der Waals surface area (Å²) in [5.74, 6) is 0. The molecule has 2 rings (SSSR count). The molecule has 1 N–H and O–H groups in total. The molecule has 0 aliphatic heterocycles. The Morgan fingerprint density at radius 3 is 2.72 bits per heavy atom. The lowest BCUT2D eigenvalue weighted by Crippen LogP contribution is -2.21. The van der Waals surface area contributed by atoms with Gasteiger partial charge in [-0.1, -0.05) is 19.9 Å². The minimum atomic E-state index is 0.492. The summed E-state index contributed by atoms with van der Waals surface area (Å²) in [6, 6.07) is 4.65. The zero-order valence-corrected chi connectivity index (χ0v) is 12.2. The lowest BCUT2D eigenvalue weighted by atomic mass is 10.2. The molecule has 18 heavy (non-hydrogen) atoms. The van der Waals surface area contributed by atoms with E-state index in [2.05, 4.69) is 51.2 Å². The maximum Gasteiger partial charge on any atom is 0.0831 e. The topological polar surface area (TPSA) is 42.7 Å². The van der Waals surface area contributed by atoms with Gasteiger partial charge in [0.1, 0.15) is 0 Å².